The van der Waals surface area contributed by atoms with Crippen LogP contribution in [-0.4, -0.2) is 30.8 Å². The van der Waals surface area contributed by atoms with Gasteiger partial charge in [0.05, 0.1) is 0 Å². The van der Waals surface area contributed by atoms with E-state index in [9.17, 15) is 4.79 Å². The average Bonchev–Trinajstić information content (AvgIpc) is 2.31. The van der Waals surface area contributed by atoms with Gasteiger partial charge in [0.2, 0.25) is 0 Å². The van der Waals surface area contributed by atoms with Gasteiger partial charge in [-0.15, -0.1) is 0 Å². The number of para-hydroxylation sites is 1. The predicted molar refractivity (Wildman–Crippen MR) is 61.4 cm³/mol. The van der Waals surface area contributed by atoms with Crippen molar-refractivity contribution in [3.63, 3.8) is 0 Å². The maximum absolute atomic E-state index is 11.3. The van der Waals surface area contributed by atoms with Crippen molar-refractivity contribution in [1.82, 2.24) is 5.32 Å². The summed E-state index contributed by atoms with van der Waals surface area (Å²) in [7, 11) is 1.57. The van der Waals surface area contributed by atoms with E-state index in [4.69, 9.17) is 9.84 Å². The highest BCUT2D eigenvalue weighted by Crippen LogP contribution is 2.19. The van der Waals surface area contributed by atoms with Crippen LogP contribution in [0, 0.1) is 0 Å². The van der Waals surface area contributed by atoms with Gasteiger partial charge in [0.15, 0.2) is 6.10 Å². The van der Waals surface area contributed by atoms with Crippen molar-refractivity contribution in [2.75, 3.05) is 13.7 Å². The highest BCUT2D eigenvalue weighted by Gasteiger charge is 2.14. The average molecular weight is 223 g/mol. The van der Waals surface area contributed by atoms with Crippen molar-refractivity contribution < 1.29 is 14.6 Å². The van der Waals surface area contributed by atoms with Crippen molar-refractivity contribution in [3.8, 4) is 5.75 Å². The Labute approximate surface area is 95.2 Å². The van der Waals surface area contributed by atoms with Crippen LogP contribution in [0.2, 0.25) is 0 Å². The Hall–Kier alpha value is -1.55. The van der Waals surface area contributed by atoms with Crippen molar-refractivity contribution in [2.45, 2.75) is 19.4 Å². The monoisotopic (exact) mass is 223 g/mol. The van der Waals surface area contributed by atoms with E-state index in [2.05, 4.69) is 5.32 Å². The van der Waals surface area contributed by atoms with Crippen LogP contribution >= 0.6 is 0 Å². The van der Waals surface area contributed by atoms with Crippen molar-refractivity contribution in [3.05, 3.63) is 29.8 Å². The molecule has 1 rings (SSSR count). The molecule has 1 amide bonds. The topological polar surface area (TPSA) is 58.6 Å². The quantitative estimate of drug-likeness (QED) is 0.774. The van der Waals surface area contributed by atoms with Crippen LogP contribution in [0.5, 0.6) is 5.75 Å². The molecule has 1 unspecified atom stereocenters. The van der Waals surface area contributed by atoms with E-state index in [-0.39, 0.29) is 12.5 Å². The Balaban J connectivity index is 2.75. The molecule has 2 N–H and O–H groups in total. The lowest BCUT2D eigenvalue weighted by atomic mass is 10.1. The second-order valence-corrected chi connectivity index (χ2v) is 3.46. The number of carbonyl (C=O) groups is 1. The Morgan fingerprint density at radius 1 is 1.50 bits per heavy atom. The van der Waals surface area contributed by atoms with Crippen molar-refractivity contribution >= 4 is 5.91 Å². The minimum absolute atomic E-state index is 0.0642. The zero-order valence-corrected chi connectivity index (χ0v) is 9.56. The molecule has 1 aromatic rings. The normalized spacial score (nSPS) is 11.9. The summed E-state index contributed by atoms with van der Waals surface area (Å²) in [5.41, 5.74) is 0.903. The molecule has 1 aromatic carbocycles. The van der Waals surface area contributed by atoms with Gasteiger partial charge in [-0.1, -0.05) is 18.2 Å². The van der Waals surface area contributed by atoms with E-state index >= 15 is 0 Å². The minimum Gasteiger partial charge on any atom is -0.481 e. The van der Waals surface area contributed by atoms with Crippen LogP contribution < -0.4 is 10.1 Å². The third-order valence-corrected chi connectivity index (χ3v) is 2.27. The molecule has 0 heterocycles. The summed E-state index contributed by atoms with van der Waals surface area (Å²) in [5.74, 6) is 0.478. The molecule has 1 atom stereocenters. The molecule has 0 aliphatic heterocycles. The van der Waals surface area contributed by atoms with Crippen LogP contribution in [0.4, 0.5) is 0 Å². The Kier molecular flexibility index (Phi) is 4.79. The lowest BCUT2D eigenvalue weighted by Gasteiger charge is -2.15. The number of rotatable bonds is 5. The molecule has 0 radical (unpaired) electrons. The van der Waals surface area contributed by atoms with Gasteiger partial charge in [0.25, 0.3) is 5.91 Å². The maximum Gasteiger partial charge on any atom is 0.260 e. The van der Waals surface area contributed by atoms with Crippen LogP contribution in [0.1, 0.15) is 12.5 Å². The minimum atomic E-state index is -0.537. The fourth-order valence-electron chi connectivity index (χ4n) is 1.39. The maximum atomic E-state index is 11.3. The number of ether oxygens (including phenoxy) is 1. The van der Waals surface area contributed by atoms with E-state index in [1.165, 1.54) is 0 Å². The van der Waals surface area contributed by atoms with Gasteiger partial charge < -0.3 is 15.2 Å². The molecule has 88 valence electrons. The number of aliphatic hydroxyl groups is 1. The smallest absolute Gasteiger partial charge is 0.260 e. The first kappa shape index (κ1) is 12.5. The number of benzene rings is 1. The van der Waals surface area contributed by atoms with Crippen LogP contribution in [0.25, 0.3) is 0 Å². The highest BCUT2D eigenvalue weighted by atomic mass is 16.5. The molecule has 4 heteroatoms. The lowest BCUT2D eigenvalue weighted by Crippen LogP contribution is -2.33. The SMILES string of the molecule is CNC(=O)C(C)Oc1ccccc1CCO. The molecular formula is C12H17NO3. The summed E-state index contributed by atoms with van der Waals surface area (Å²) in [4.78, 5) is 11.3. The van der Waals surface area contributed by atoms with Crippen LogP contribution in [0.15, 0.2) is 24.3 Å². The number of aliphatic hydroxyl groups excluding tert-OH is 1. The Morgan fingerprint density at radius 3 is 2.81 bits per heavy atom. The fraction of sp³-hybridized carbons (Fsp3) is 0.417. The summed E-state index contributed by atoms with van der Waals surface area (Å²) in [6.45, 7) is 1.75. The first-order valence-corrected chi connectivity index (χ1v) is 5.26. The number of carbonyl (C=O) groups excluding carboxylic acids is 1. The largest absolute Gasteiger partial charge is 0.481 e. The Morgan fingerprint density at radius 2 is 2.19 bits per heavy atom. The van der Waals surface area contributed by atoms with E-state index in [0.29, 0.717) is 12.2 Å². The molecule has 0 saturated carbocycles. The molecule has 0 bridgehead atoms. The van der Waals surface area contributed by atoms with Crippen molar-refractivity contribution in [2.24, 2.45) is 0 Å². The third-order valence-electron chi connectivity index (χ3n) is 2.27. The van der Waals surface area contributed by atoms with E-state index in [1.807, 2.05) is 18.2 Å². The summed E-state index contributed by atoms with van der Waals surface area (Å²) in [5, 5.41) is 11.4. The van der Waals surface area contributed by atoms with Gasteiger partial charge in [-0.3, -0.25) is 4.79 Å². The number of hydrogen-bond donors (Lipinski definition) is 2. The summed E-state index contributed by atoms with van der Waals surface area (Å²) in [6.07, 6.45) is -0.0127. The molecule has 16 heavy (non-hydrogen) atoms. The predicted octanol–water partition coefficient (Wildman–Crippen LogP) is 0.735. The van der Waals surface area contributed by atoms with Crippen LogP contribution in [0.3, 0.4) is 0 Å². The lowest BCUT2D eigenvalue weighted by molar-refractivity contribution is -0.126. The number of likely N-dealkylation sites (N-methyl/N-ethyl adjacent to an activating group) is 1. The highest BCUT2D eigenvalue weighted by molar-refractivity contribution is 5.80. The first-order valence-electron chi connectivity index (χ1n) is 5.26. The summed E-state index contributed by atoms with van der Waals surface area (Å²) < 4.78 is 5.53. The van der Waals surface area contributed by atoms with Gasteiger partial charge in [-0.2, -0.15) is 0 Å². The molecular weight excluding hydrogens is 206 g/mol. The number of hydrogen-bond acceptors (Lipinski definition) is 3. The van der Waals surface area contributed by atoms with Gasteiger partial charge in [0, 0.05) is 13.7 Å². The number of amides is 1. The second kappa shape index (κ2) is 6.12. The molecule has 0 spiro atoms. The fourth-order valence-corrected chi connectivity index (χ4v) is 1.39. The standard InChI is InChI=1S/C12H17NO3/c1-9(12(15)13-2)16-11-6-4-3-5-10(11)7-8-14/h3-6,9,14H,7-8H2,1-2H3,(H,13,15). The zero-order valence-electron chi connectivity index (χ0n) is 9.56. The zero-order chi connectivity index (χ0) is 12.0. The molecule has 4 nitrogen and oxygen atoms in total. The second-order valence-electron chi connectivity index (χ2n) is 3.46. The summed E-state index contributed by atoms with van der Waals surface area (Å²) >= 11 is 0. The van der Waals surface area contributed by atoms with E-state index in [0.717, 1.165) is 5.56 Å². The molecule has 0 fully saturated rings. The van der Waals surface area contributed by atoms with Gasteiger partial charge >= 0.3 is 0 Å². The Bertz CT molecular complexity index is 352. The van der Waals surface area contributed by atoms with E-state index in [1.54, 1.807) is 20.0 Å². The number of nitrogens with one attached hydrogen (secondary N) is 1. The first-order chi connectivity index (χ1) is 7.69. The molecule has 0 aromatic heterocycles. The van der Waals surface area contributed by atoms with Gasteiger partial charge in [-0.25, -0.2) is 0 Å². The summed E-state index contributed by atoms with van der Waals surface area (Å²) in [6, 6.07) is 7.39. The van der Waals surface area contributed by atoms with Gasteiger partial charge in [0.1, 0.15) is 5.75 Å². The molecule has 0 aliphatic carbocycles. The molecule has 0 aliphatic rings. The van der Waals surface area contributed by atoms with Crippen molar-refractivity contribution in [1.29, 1.82) is 0 Å². The third kappa shape index (κ3) is 3.24. The molecule has 0 saturated heterocycles. The van der Waals surface area contributed by atoms with Gasteiger partial charge in [-0.05, 0) is 25.0 Å². The van der Waals surface area contributed by atoms with Crippen LogP contribution in [-0.2, 0) is 11.2 Å². The van der Waals surface area contributed by atoms with E-state index < -0.39 is 6.10 Å².